The SMILES string of the molecule is CC(C)(C)OC(=O)N1CCC2(CCC(OCC(=O)O)(c3nc(Br)cs3)CC2)C1. The number of ether oxygens (including phenoxy) is 2. The number of halogens is 1. The van der Waals surface area contributed by atoms with Crippen LogP contribution in [0.4, 0.5) is 4.79 Å². The molecule has 0 atom stereocenters. The number of thiazole rings is 1. The lowest BCUT2D eigenvalue weighted by Crippen LogP contribution is -2.42. The summed E-state index contributed by atoms with van der Waals surface area (Å²) in [6, 6.07) is 0. The third kappa shape index (κ3) is 4.86. The van der Waals surface area contributed by atoms with Crippen molar-refractivity contribution in [1.29, 1.82) is 0 Å². The van der Waals surface area contributed by atoms with Crippen molar-refractivity contribution in [3.8, 4) is 0 Å². The molecule has 0 radical (unpaired) electrons. The van der Waals surface area contributed by atoms with Gasteiger partial charge in [0.1, 0.15) is 27.4 Å². The third-order valence-corrected chi connectivity index (χ3v) is 7.28. The molecule has 156 valence electrons. The zero-order chi connectivity index (χ0) is 20.6. The van der Waals surface area contributed by atoms with Crippen LogP contribution in [0.5, 0.6) is 0 Å². The monoisotopic (exact) mass is 474 g/mol. The van der Waals surface area contributed by atoms with E-state index in [9.17, 15) is 9.59 Å². The number of hydrogen-bond acceptors (Lipinski definition) is 6. The molecule has 1 saturated carbocycles. The largest absolute Gasteiger partial charge is 0.480 e. The summed E-state index contributed by atoms with van der Waals surface area (Å²) in [5.74, 6) is -0.979. The summed E-state index contributed by atoms with van der Waals surface area (Å²) in [7, 11) is 0. The van der Waals surface area contributed by atoms with Crippen molar-refractivity contribution < 1.29 is 24.2 Å². The Hall–Kier alpha value is -1.19. The molecule has 9 heteroatoms. The summed E-state index contributed by atoms with van der Waals surface area (Å²) in [5.41, 5.74) is -1.13. The maximum absolute atomic E-state index is 12.4. The number of carboxylic acids is 1. The topological polar surface area (TPSA) is 89.0 Å². The van der Waals surface area contributed by atoms with Gasteiger partial charge in [-0.25, -0.2) is 14.6 Å². The second-order valence-corrected chi connectivity index (χ2v) is 10.5. The van der Waals surface area contributed by atoms with Crippen molar-refractivity contribution in [2.45, 2.75) is 64.1 Å². The summed E-state index contributed by atoms with van der Waals surface area (Å²) in [4.78, 5) is 29.8. The normalized spacial score (nSPS) is 27.9. The van der Waals surface area contributed by atoms with Gasteiger partial charge in [0.25, 0.3) is 0 Å². The second kappa shape index (κ2) is 7.91. The number of carbonyl (C=O) groups excluding carboxylic acids is 1. The second-order valence-electron chi connectivity index (χ2n) is 8.80. The van der Waals surface area contributed by atoms with Crippen LogP contribution in [0, 0.1) is 5.41 Å². The van der Waals surface area contributed by atoms with E-state index < -0.39 is 17.2 Å². The first kappa shape index (κ1) is 21.5. The molecule has 1 aromatic rings. The highest BCUT2D eigenvalue weighted by molar-refractivity contribution is 9.10. The maximum Gasteiger partial charge on any atom is 0.410 e. The van der Waals surface area contributed by atoms with E-state index in [1.54, 1.807) is 4.90 Å². The van der Waals surface area contributed by atoms with Gasteiger partial charge >= 0.3 is 12.1 Å². The van der Waals surface area contributed by atoms with E-state index in [2.05, 4.69) is 20.9 Å². The minimum absolute atomic E-state index is 0.0431. The standard InChI is InChI=1S/C19H27BrN2O5S/c1-17(2,3)27-16(25)22-9-8-18(12-22)4-6-19(7-5-18,26-10-14(23)24)15-21-13(20)11-28-15/h11H,4-10,12H2,1-3H3,(H,23,24). The molecule has 28 heavy (non-hydrogen) atoms. The molecule has 1 spiro atoms. The van der Waals surface area contributed by atoms with Gasteiger partial charge in [0.15, 0.2) is 0 Å². The van der Waals surface area contributed by atoms with Gasteiger partial charge in [-0.05, 0) is 74.2 Å². The quantitative estimate of drug-likeness (QED) is 0.695. The number of carbonyl (C=O) groups is 2. The molecule has 1 aromatic heterocycles. The van der Waals surface area contributed by atoms with Gasteiger partial charge in [0.2, 0.25) is 0 Å². The summed E-state index contributed by atoms with van der Waals surface area (Å²) in [6.07, 6.45) is 3.80. The average Bonchev–Trinajstić information content (AvgIpc) is 3.21. The first-order valence-corrected chi connectivity index (χ1v) is 11.2. The van der Waals surface area contributed by atoms with Gasteiger partial charge in [0.05, 0.1) is 0 Å². The highest BCUT2D eigenvalue weighted by Crippen LogP contribution is 2.52. The Morgan fingerprint density at radius 3 is 2.50 bits per heavy atom. The lowest BCUT2D eigenvalue weighted by molar-refractivity contribution is -0.156. The van der Waals surface area contributed by atoms with Crippen molar-refractivity contribution >= 4 is 39.3 Å². The number of carboxylic acid groups (broad SMARTS) is 1. The molecule has 2 aliphatic rings. The van der Waals surface area contributed by atoms with E-state index in [4.69, 9.17) is 14.6 Å². The van der Waals surface area contributed by atoms with Gasteiger partial charge in [-0.15, -0.1) is 11.3 Å². The van der Waals surface area contributed by atoms with Crippen LogP contribution < -0.4 is 0 Å². The first-order chi connectivity index (χ1) is 13.0. The number of hydrogen-bond donors (Lipinski definition) is 1. The highest BCUT2D eigenvalue weighted by atomic mass is 79.9. The van der Waals surface area contributed by atoms with Crippen LogP contribution in [0.3, 0.4) is 0 Å². The average molecular weight is 475 g/mol. The predicted molar refractivity (Wildman–Crippen MR) is 108 cm³/mol. The number of amides is 1. The van der Waals surface area contributed by atoms with E-state index in [1.165, 1.54) is 11.3 Å². The Bertz CT molecular complexity index is 737. The summed E-state index contributed by atoms with van der Waals surface area (Å²) in [6.45, 7) is 6.65. The van der Waals surface area contributed by atoms with Crippen LogP contribution in [0.1, 0.15) is 57.9 Å². The Labute approximate surface area is 177 Å². The molecule has 2 fully saturated rings. The molecule has 3 rings (SSSR count). The van der Waals surface area contributed by atoms with Crippen LogP contribution in [-0.4, -0.2) is 52.4 Å². The molecular weight excluding hydrogens is 448 g/mol. The van der Waals surface area contributed by atoms with Crippen molar-refractivity contribution in [3.63, 3.8) is 0 Å². The van der Waals surface area contributed by atoms with Crippen molar-refractivity contribution in [2.75, 3.05) is 19.7 Å². The predicted octanol–water partition coefficient (Wildman–Crippen LogP) is 4.40. The third-order valence-electron chi connectivity index (χ3n) is 5.55. The smallest absolute Gasteiger partial charge is 0.410 e. The molecule has 0 aromatic carbocycles. The molecule has 7 nitrogen and oxygen atoms in total. The number of likely N-dealkylation sites (tertiary alicyclic amines) is 1. The zero-order valence-corrected chi connectivity index (χ0v) is 18.9. The van der Waals surface area contributed by atoms with Gasteiger partial charge < -0.3 is 19.5 Å². The molecule has 1 aliphatic carbocycles. The highest BCUT2D eigenvalue weighted by Gasteiger charge is 2.50. The van der Waals surface area contributed by atoms with Crippen molar-refractivity contribution in [3.05, 3.63) is 15.0 Å². The lowest BCUT2D eigenvalue weighted by Gasteiger charge is -2.43. The molecule has 0 unspecified atom stereocenters. The van der Waals surface area contributed by atoms with Crippen LogP contribution in [0.2, 0.25) is 0 Å². The van der Waals surface area contributed by atoms with E-state index in [1.807, 2.05) is 26.2 Å². The van der Waals surface area contributed by atoms with Gasteiger partial charge in [-0.1, -0.05) is 0 Å². The van der Waals surface area contributed by atoms with Crippen LogP contribution in [0.15, 0.2) is 9.98 Å². The maximum atomic E-state index is 12.4. The minimum atomic E-state index is -0.979. The number of aromatic nitrogens is 1. The van der Waals surface area contributed by atoms with Crippen LogP contribution >= 0.6 is 27.3 Å². The van der Waals surface area contributed by atoms with Crippen LogP contribution in [0.25, 0.3) is 0 Å². The molecule has 2 heterocycles. The molecule has 1 amide bonds. The number of rotatable bonds is 4. The minimum Gasteiger partial charge on any atom is -0.480 e. The van der Waals surface area contributed by atoms with Gasteiger partial charge in [-0.3, -0.25) is 0 Å². The summed E-state index contributed by atoms with van der Waals surface area (Å²) < 4.78 is 12.2. The fourth-order valence-electron chi connectivity index (χ4n) is 4.09. The Kier molecular flexibility index (Phi) is 6.08. The Balaban J connectivity index is 1.69. The Morgan fingerprint density at radius 1 is 1.29 bits per heavy atom. The van der Waals surface area contributed by atoms with E-state index in [0.717, 1.165) is 28.9 Å². The Morgan fingerprint density at radius 2 is 1.96 bits per heavy atom. The van der Waals surface area contributed by atoms with Crippen LogP contribution in [-0.2, 0) is 19.9 Å². The fraction of sp³-hybridized carbons (Fsp3) is 0.737. The molecule has 1 saturated heterocycles. The van der Waals surface area contributed by atoms with Gasteiger partial charge in [-0.2, -0.15) is 0 Å². The van der Waals surface area contributed by atoms with E-state index >= 15 is 0 Å². The molecule has 0 bridgehead atoms. The summed E-state index contributed by atoms with van der Waals surface area (Å²) >= 11 is 4.87. The van der Waals surface area contributed by atoms with Gasteiger partial charge in [0, 0.05) is 18.5 Å². The fourth-order valence-corrected chi connectivity index (χ4v) is 5.56. The van der Waals surface area contributed by atoms with E-state index in [-0.39, 0.29) is 18.1 Å². The molecule has 1 N–H and O–H groups in total. The van der Waals surface area contributed by atoms with Crippen molar-refractivity contribution in [2.24, 2.45) is 5.41 Å². The van der Waals surface area contributed by atoms with E-state index in [0.29, 0.717) is 25.9 Å². The van der Waals surface area contributed by atoms with Crippen molar-refractivity contribution in [1.82, 2.24) is 9.88 Å². The number of aliphatic carboxylic acids is 1. The number of nitrogens with zero attached hydrogens (tertiary/aromatic N) is 2. The summed E-state index contributed by atoms with van der Waals surface area (Å²) in [5, 5.41) is 11.8. The first-order valence-electron chi connectivity index (χ1n) is 9.48. The molecular formula is C19H27BrN2O5S. The lowest BCUT2D eigenvalue weighted by atomic mass is 9.68. The molecule has 1 aliphatic heterocycles. The zero-order valence-electron chi connectivity index (χ0n) is 16.5.